The van der Waals surface area contributed by atoms with Crippen molar-refractivity contribution in [1.29, 1.82) is 0 Å². The number of ether oxygens (including phenoxy) is 2. The monoisotopic (exact) mass is 456 g/mol. The molecule has 3 aromatic carbocycles. The summed E-state index contributed by atoms with van der Waals surface area (Å²) in [6, 6.07) is 26.0. The van der Waals surface area contributed by atoms with Gasteiger partial charge in [0.1, 0.15) is 18.5 Å². The lowest BCUT2D eigenvalue weighted by atomic mass is 9.86. The van der Waals surface area contributed by atoms with Crippen molar-refractivity contribution in [2.24, 2.45) is 5.92 Å². The third-order valence-corrected chi connectivity index (χ3v) is 6.97. The molecule has 0 saturated carbocycles. The number of hydrogen-bond donors (Lipinski definition) is 1. The van der Waals surface area contributed by atoms with Gasteiger partial charge in [-0.3, -0.25) is 4.90 Å². The summed E-state index contributed by atoms with van der Waals surface area (Å²) >= 11 is 0. The molecule has 0 aromatic heterocycles. The molecular weight excluding hydrogens is 424 g/mol. The Balaban J connectivity index is 1.30. The first kappa shape index (κ1) is 22.5. The van der Waals surface area contributed by atoms with Crippen LogP contribution in [0.5, 0.6) is 5.75 Å². The summed E-state index contributed by atoms with van der Waals surface area (Å²) in [6.07, 6.45) is 1.84. The van der Waals surface area contributed by atoms with Crippen LogP contribution in [0.2, 0.25) is 0 Å². The number of carbonyl (C=O) groups excluding carboxylic acids is 1. The zero-order valence-corrected chi connectivity index (χ0v) is 19.7. The van der Waals surface area contributed by atoms with Gasteiger partial charge in [-0.2, -0.15) is 0 Å². The minimum absolute atomic E-state index is 0.0249. The van der Waals surface area contributed by atoms with E-state index in [1.54, 1.807) is 0 Å². The van der Waals surface area contributed by atoms with Crippen LogP contribution in [0.4, 0.5) is 4.79 Å². The second-order valence-electron chi connectivity index (χ2n) is 9.42. The molecule has 3 aliphatic heterocycles. The van der Waals surface area contributed by atoms with E-state index >= 15 is 0 Å². The second kappa shape index (κ2) is 10.3. The summed E-state index contributed by atoms with van der Waals surface area (Å²) in [7, 11) is 0. The van der Waals surface area contributed by atoms with E-state index < -0.39 is 0 Å². The average Bonchev–Trinajstić information content (AvgIpc) is 2.88. The standard InChI is InChI=1S/C29H32N2O3/c1-21-10-12-22(13-11-21)20-33-26-9-5-8-25(18-26)28(24-6-3-2-4-7-24)30-29(32)34-27-19-31-16-14-23(27)15-17-31/h2-13,18,23,27-28H,14-17,19-20H2,1H3,(H,30,32)/t27-,28-/m0/s1. The molecule has 3 aromatic rings. The van der Waals surface area contributed by atoms with E-state index in [0.29, 0.717) is 12.5 Å². The van der Waals surface area contributed by atoms with E-state index in [1.165, 1.54) is 5.56 Å². The van der Waals surface area contributed by atoms with Gasteiger partial charge in [0, 0.05) is 6.54 Å². The molecule has 0 radical (unpaired) electrons. The van der Waals surface area contributed by atoms with E-state index in [1.807, 2.05) is 54.6 Å². The minimum Gasteiger partial charge on any atom is -0.489 e. The molecule has 34 heavy (non-hydrogen) atoms. The summed E-state index contributed by atoms with van der Waals surface area (Å²) in [5.41, 5.74) is 4.31. The van der Waals surface area contributed by atoms with Crippen molar-refractivity contribution in [2.75, 3.05) is 19.6 Å². The van der Waals surface area contributed by atoms with E-state index in [2.05, 4.69) is 41.4 Å². The number of alkyl carbamates (subject to hydrolysis) is 1. The predicted molar refractivity (Wildman–Crippen MR) is 133 cm³/mol. The topological polar surface area (TPSA) is 50.8 Å². The fourth-order valence-corrected chi connectivity index (χ4v) is 4.97. The summed E-state index contributed by atoms with van der Waals surface area (Å²) in [4.78, 5) is 15.4. The van der Waals surface area contributed by atoms with Gasteiger partial charge < -0.3 is 14.8 Å². The number of rotatable bonds is 7. The lowest BCUT2D eigenvalue weighted by molar-refractivity contribution is -0.0336. The Morgan fingerprint density at radius 3 is 2.41 bits per heavy atom. The molecule has 0 aliphatic carbocycles. The Bertz CT molecular complexity index is 1090. The number of piperidine rings is 3. The number of nitrogens with one attached hydrogen (secondary N) is 1. The number of carbonyl (C=O) groups is 1. The van der Waals surface area contributed by atoms with Crippen molar-refractivity contribution in [1.82, 2.24) is 10.2 Å². The molecular formula is C29H32N2O3. The predicted octanol–water partition coefficient (Wildman–Crippen LogP) is 5.48. The van der Waals surface area contributed by atoms with Crippen molar-refractivity contribution in [3.8, 4) is 5.75 Å². The third kappa shape index (κ3) is 5.42. The van der Waals surface area contributed by atoms with Gasteiger partial charge in [-0.1, -0.05) is 72.3 Å². The van der Waals surface area contributed by atoms with Gasteiger partial charge in [0.05, 0.1) is 6.04 Å². The van der Waals surface area contributed by atoms with Gasteiger partial charge in [0.25, 0.3) is 0 Å². The fraction of sp³-hybridized carbons (Fsp3) is 0.345. The maximum Gasteiger partial charge on any atom is 0.408 e. The van der Waals surface area contributed by atoms with Crippen LogP contribution in [0.25, 0.3) is 0 Å². The average molecular weight is 457 g/mol. The highest BCUT2D eigenvalue weighted by molar-refractivity contribution is 5.69. The molecule has 2 bridgehead atoms. The second-order valence-corrected chi connectivity index (χ2v) is 9.42. The Morgan fingerprint density at radius 1 is 0.971 bits per heavy atom. The van der Waals surface area contributed by atoms with Crippen LogP contribution in [0, 0.1) is 12.8 Å². The van der Waals surface area contributed by atoms with Crippen LogP contribution in [-0.4, -0.2) is 36.7 Å². The molecule has 3 heterocycles. The van der Waals surface area contributed by atoms with Gasteiger partial charge in [0.15, 0.2) is 0 Å². The SMILES string of the molecule is Cc1ccc(COc2cccc([C@@H](NC(=O)O[C@H]3CN4CCC3CC4)c3ccccc3)c2)cc1. The normalized spacial score (nSPS) is 22.1. The van der Waals surface area contributed by atoms with Crippen molar-refractivity contribution in [3.63, 3.8) is 0 Å². The van der Waals surface area contributed by atoms with E-state index in [0.717, 1.165) is 54.9 Å². The van der Waals surface area contributed by atoms with Gasteiger partial charge in [-0.05, 0) is 67.6 Å². The summed E-state index contributed by atoms with van der Waals surface area (Å²) in [5, 5.41) is 3.13. The molecule has 1 amide bonds. The molecule has 2 atom stereocenters. The van der Waals surface area contributed by atoms with E-state index in [4.69, 9.17) is 9.47 Å². The van der Waals surface area contributed by atoms with Gasteiger partial charge in [0.2, 0.25) is 0 Å². The summed E-state index contributed by atoms with van der Waals surface area (Å²) < 4.78 is 12.0. The van der Waals surface area contributed by atoms with Gasteiger partial charge >= 0.3 is 6.09 Å². The van der Waals surface area contributed by atoms with Crippen molar-refractivity contribution >= 4 is 6.09 Å². The van der Waals surface area contributed by atoms with Crippen molar-refractivity contribution in [2.45, 2.75) is 38.5 Å². The lowest BCUT2D eigenvalue weighted by Crippen LogP contribution is -2.52. The molecule has 5 heteroatoms. The van der Waals surface area contributed by atoms with Crippen molar-refractivity contribution < 1.29 is 14.3 Å². The first-order valence-corrected chi connectivity index (χ1v) is 12.2. The molecule has 3 aliphatic rings. The highest BCUT2D eigenvalue weighted by atomic mass is 16.6. The molecule has 0 unspecified atom stereocenters. The lowest BCUT2D eigenvalue weighted by Gasteiger charge is -2.43. The zero-order chi connectivity index (χ0) is 23.3. The molecule has 1 N–H and O–H groups in total. The van der Waals surface area contributed by atoms with Crippen LogP contribution in [0.1, 0.15) is 41.1 Å². The van der Waals surface area contributed by atoms with Crippen LogP contribution in [0.3, 0.4) is 0 Å². The Hall–Kier alpha value is -3.31. The van der Waals surface area contributed by atoms with Gasteiger partial charge in [-0.25, -0.2) is 4.79 Å². The first-order valence-electron chi connectivity index (χ1n) is 12.2. The third-order valence-electron chi connectivity index (χ3n) is 6.97. The highest BCUT2D eigenvalue weighted by Gasteiger charge is 2.36. The Morgan fingerprint density at radius 2 is 1.71 bits per heavy atom. The molecule has 5 nitrogen and oxygen atoms in total. The van der Waals surface area contributed by atoms with Crippen LogP contribution in [0.15, 0.2) is 78.9 Å². The number of amides is 1. The van der Waals surface area contributed by atoms with E-state index in [-0.39, 0.29) is 18.2 Å². The fourth-order valence-electron chi connectivity index (χ4n) is 4.97. The highest BCUT2D eigenvalue weighted by Crippen LogP contribution is 2.30. The Kier molecular flexibility index (Phi) is 6.82. The number of nitrogens with zero attached hydrogens (tertiary/aromatic N) is 1. The maximum absolute atomic E-state index is 13.0. The molecule has 3 fully saturated rings. The number of hydrogen-bond acceptors (Lipinski definition) is 4. The largest absolute Gasteiger partial charge is 0.489 e. The first-order chi connectivity index (χ1) is 16.6. The quantitative estimate of drug-likeness (QED) is 0.511. The molecule has 0 spiro atoms. The van der Waals surface area contributed by atoms with Crippen molar-refractivity contribution in [3.05, 3.63) is 101 Å². The van der Waals surface area contributed by atoms with Crippen LogP contribution >= 0.6 is 0 Å². The van der Waals surface area contributed by atoms with Crippen LogP contribution < -0.4 is 10.1 Å². The van der Waals surface area contributed by atoms with Crippen LogP contribution in [-0.2, 0) is 11.3 Å². The number of benzene rings is 3. The minimum atomic E-state index is -0.362. The number of aryl methyl sites for hydroxylation is 1. The summed E-state index contributed by atoms with van der Waals surface area (Å²) in [6.45, 7) is 5.65. The zero-order valence-electron chi connectivity index (χ0n) is 19.7. The van der Waals surface area contributed by atoms with E-state index in [9.17, 15) is 4.79 Å². The molecule has 3 saturated heterocycles. The molecule has 176 valence electrons. The maximum atomic E-state index is 13.0. The smallest absolute Gasteiger partial charge is 0.408 e. The summed E-state index contributed by atoms with van der Waals surface area (Å²) in [5.74, 6) is 1.25. The number of fused-ring (bicyclic) bond motifs is 3. The Labute approximate surface area is 201 Å². The molecule has 6 rings (SSSR count). The van der Waals surface area contributed by atoms with Gasteiger partial charge in [-0.15, -0.1) is 0 Å².